The quantitative estimate of drug-likeness (QED) is 0.270. The SMILES string of the molecule is C#CC[C@@H](OCc1ccccc1)[C@H](OCc1ccccc1)[C@@H](S)COCc1ccccc1. The third-order valence-electron chi connectivity index (χ3n) is 5.06. The maximum atomic E-state index is 6.32. The number of thiol groups is 1. The topological polar surface area (TPSA) is 27.7 Å². The van der Waals surface area contributed by atoms with Crippen LogP contribution in [-0.2, 0) is 34.0 Å². The Bertz CT molecular complexity index is 925. The zero-order valence-electron chi connectivity index (χ0n) is 18.2. The molecule has 0 unspecified atom stereocenters. The number of ether oxygens (including phenoxy) is 3. The fourth-order valence-electron chi connectivity index (χ4n) is 3.36. The summed E-state index contributed by atoms with van der Waals surface area (Å²) in [5, 5.41) is -0.198. The van der Waals surface area contributed by atoms with Crippen LogP contribution in [0, 0.1) is 12.3 Å². The molecule has 0 radical (unpaired) electrons. The van der Waals surface area contributed by atoms with Crippen molar-refractivity contribution in [2.75, 3.05) is 6.61 Å². The molecule has 3 aromatic rings. The fourth-order valence-corrected chi connectivity index (χ4v) is 3.75. The van der Waals surface area contributed by atoms with Gasteiger partial charge in [0.05, 0.1) is 43.9 Å². The number of terminal acetylenes is 1. The van der Waals surface area contributed by atoms with Gasteiger partial charge in [-0.3, -0.25) is 0 Å². The second kappa shape index (κ2) is 13.8. The van der Waals surface area contributed by atoms with Gasteiger partial charge in [-0.05, 0) is 16.7 Å². The van der Waals surface area contributed by atoms with Gasteiger partial charge in [-0.1, -0.05) is 91.0 Å². The summed E-state index contributed by atoms with van der Waals surface area (Å²) in [6.45, 7) is 1.86. The Morgan fingerprint density at radius 1 is 0.688 bits per heavy atom. The maximum absolute atomic E-state index is 6.32. The summed E-state index contributed by atoms with van der Waals surface area (Å²) in [7, 11) is 0. The van der Waals surface area contributed by atoms with E-state index in [9.17, 15) is 0 Å². The minimum atomic E-state index is -0.325. The Balaban J connectivity index is 1.65. The third kappa shape index (κ3) is 8.18. The zero-order valence-corrected chi connectivity index (χ0v) is 19.1. The monoisotopic (exact) mass is 446 g/mol. The molecule has 0 aromatic heterocycles. The molecule has 3 atom stereocenters. The Morgan fingerprint density at radius 3 is 1.66 bits per heavy atom. The molecule has 0 aliphatic rings. The largest absolute Gasteiger partial charge is 0.376 e. The number of hydrogen-bond donors (Lipinski definition) is 1. The van der Waals surface area contributed by atoms with Gasteiger partial charge in [0.25, 0.3) is 0 Å². The van der Waals surface area contributed by atoms with Crippen LogP contribution in [0.5, 0.6) is 0 Å². The second-order valence-electron chi connectivity index (χ2n) is 7.57. The van der Waals surface area contributed by atoms with E-state index in [2.05, 4.69) is 5.92 Å². The maximum Gasteiger partial charge on any atom is 0.0988 e. The zero-order chi connectivity index (χ0) is 22.4. The molecule has 0 amide bonds. The van der Waals surface area contributed by atoms with Crippen molar-refractivity contribution >= 4 is 12.6 Å². The molecule has 3 nitrogen and oxygen atoms in total. The van der Waals surface area contributed by atoms with Crippen molar-refractivity contribution < 1.29 is 14.2 Å². The normalized spacial score (nSPS) is 13.8. The highest BCUT2D eigenvalue weighted by Crippen LogP contribution is 2.21. The van der Waals surface area contributed by atoms with Gasteiger partial charge in [-0.2, -0.15) is 12.6 Å². The van der Waals surface area contributed by atoms with Gasteiger partial charge in [0.1, 0.15) is 0 Å². The van der Waals surface area contributed by atoms with Crippen LogP contribution >= 0.6 is 12.6 Å². The molecule has 0 spiro atoms. The Hall–Kier alpha value is -2.55. The lowest BCUT2D eigenvalue weighted by Gasteiger charge is -2.30. The van der Waals surface area contributed by atoms with Crippen molar-refractivity contribution in [3.63, 3.8) is 0 Å². The van der Waals surface area contributed by atoms with Crippen molar-refractivity contribution in [1.82, 2.24) is 0 Å². The van der Waals surface area contributed by atoms with E-state index >= 15 is 0 Å². The average Bonchev–Trinajstić information content (AvgIpc) is 2.84. The van der Waals surface area contributed by atoms with Crippen LogP contribution in [0.25, 0.3) is 0 Å². The van der Waals surface area contributed by atoms with E-state index in [0.717, 1.165) is 16.7 Å². The van der Waals surface area contributed by atoms with Crippen LogP contribution in [0.2, 0.25) is 0 Å². The van der Waals surface area contributed by atoms with Crippen LogP contribution in [0.4, 0.5) is 0 Å². The van der Waals surface area contributed by atoms with Crippen LogP contribution < -0.4 is 0 Å². The third-order valence-corrected chi connectivity index (χ3v) is 5.50. The molecule has 4 heteroatoms. The van der Waals surface area contributed by atoms with Crippen molar-refractivity contribution in [2.45, 2.75) is 43.7 Å². The Labute approximate surface area is 197 Å². The van der Waals surface area contributed by atoms with Gasteiger partial charge in [-0.15, -0.1) is 12.3 Å². The lowest BCUT2D eigenvalue weighted by Crippen LogP contribution is -2.41. The molecule has 0 saturated heterocycles. The fraction of sp³-hybridized carbons (Fsp3) is 0.286. The first-order valence-electron chi connectivity index (χ1n) is 10.8. The first-order valence-corrected chi connectivity index (χ1v) is 11.3. The molecule has 0 N–H and O–H groups in total. The molecule has 3 rings (SSSR count). The predicted octanol–water partition coefficient (Wildman–Crippen LogP) is 5.70. The van der Waals surface area contributed by atoms with Crippen LogP contribution in [-0.4, -0.2) is 24.1 Å². The van der Waals surface area contributed by atoms with E-state index in [1.807, 2.05) is 91.0 Å². The minimum absolute atomic E-state index is 0.198. The molecular formula is C28H30O3S. The molecule has 0 aliphatic heterocycles. The summed E-state index contributed by atoms with van der Waals surface area (Å²) in [5.74, 6) is 2.74. The van der Waals surface area contributed by atoms with E-state index < -0.39 is 0 Å². The molecule has 0 bridgehead atoms. The minimum Gasteiger partial charge on any atom is -0.376 e. The van der Waals surface area contributed by atoms with Crippen LogP contribution in [0.1, 0.15) is 23.1 Å². The predicted molar refractivity (Wildman–Crippen MR) is 132 cm³/mol. The molecule has 166 valence electrons. The molecule has 0 saturated carbocycles. The molecule has 0 heterocycles. The Kier molecular flexibility index (Phi) is 10.4. The van der Waals surface area contributed by atoms with Crippen molar-refractivity contribution in [1.29, 1.82) is 0 Å². The van der Waals surface area contributed by atoms with E-state index in [4.69, 9.17) is 33.3 Å². The highest BCUT2D eigenvalue weighted by Gasteiger charge is 2.29. The molecule has 0 aliphatic carbocycles. The summed E-state index contributed by atoms with van der Waals surface area (Å²) in [4.78, 5) is 0. The van der Waals surface area contributed by atoms with Crippen molar-refractivity contribution in [3.8, 4) is 12.3 Å². The summed E-state index contributed by atoms with van der Waals surface area (Å²) >= 11 is 4.83. The smallest absolute Gasteiger partial charge is 0.0988 e. The number of benzene rings is 3. The standard InChI is InChI=1S/C28H30O3S/c1-2-12-26(30-20-24-15-8-4-9-16-24)28(31-21-25-17-10-5-11-18-25)27(32)22-29-19-23-13-6-3-7-14-23/h1,3-11,13-18,26-28,32H,12,19-22H2/t26-,27+,28+/m1/s1. The van der Waals surface area contributed by atoms with E-state index in [-0.39, 0.29) is 17.5 Å². The summed E-state index contributed by atoms with van der Waals surface area (Å²) in [5.41, 5.74) is 3.30. The van der Waals surface area contributed by atoms with Gasteiger partial charge in [-0.25, -0.2) is 0 Å². The van der Waals surface area contributed by atoms with Crippen LogP contribution in [0.15, 0.2) is 91.0 Å². The number of rotatable bonds is 13. The molecular weight excluding hydrogens is 416 g/mol. The van der Waals surface area contributed by atoms with E-state index in [1.54, 1.807) is 0 Å². The first kappa shape index (κ1) is 24.1. The average molecular weight is 447 g/mol. The number of hydrogen-bond acceptors (Lipinski definition) is 4. The second-order valence-corrected chi connectivity index (χ2v) is 8.24. The van der Waals surface area contributed by atoms with E-state index in [0.29, 0.717) is 32.8 Å². The lowest BCUT2D eigenvalue weighted by molar-refractivity contribution is -0.0906. The van der Waals surface area contributed by atoms with Crippen molar-refractivity contribution in [2.24, 2.45) is 0 Å². The lowest BCUT2D eigenvalue weighted by atomic mass is 10.1. The summed E-state index contributed by atoms with van der Waals surface area (Å²) in [6, 6.07) is 30.2. The van der Waals surface area contributed by atoms with Gasteiger partial charge in [0.2, 0.25) is 0 Å². The summed E-state index contributed by atoms with van der Waals surface area (Å²) < 4.78 is 18.5. The molecule has 0 fully saturated rings. The molecule has 3 aromatic carbocycles. The van der Waals surface area contributed by atoms with Gasteiger partial charge in [0, 0.05) is 6.42 Å². The van der Waals surface area contributed by atoms with Crippen LogP contribution in [0.3, 0.4) is 0 Å². The van der Waals surface area contributed by atoms with Gasteiger partial charge >= 0.3 is 0 Å². The molecule has 32 heavy (non-hydrogen) atoms. The first-order chi connectivity index (χ1) is 15.8. The van der Waals surface area contributed by atoms with E-state index in [1.165, 1.54) is 0 Å². The highest BCUT2D eigenvalue weighted by atomic mass is 32.1. The Morgan fingerprint density at radius 2 is 1.16 bits per heavy atom. The highest BCUT2D eigenvalue weighted by molar-refractivity contribution is 7.81. The van der Waals surface area contributed by atoms with Gasteiger partial charge in [0.15, 0.2) is 0 Å². The van der Waals surface area contributed by atoms with Gasteiger partial charge < -0.3 is 14.2 Å². The van der Waals surface area contributed by atoms with Crippen molar-refractivity contribution in [3.05, 3.63) is 108 Å². The summed E-state index contributed by atoms with van der Waals surface area (Å²) in [6.07, 6.45) is 5.49.